The summed E-state index contributed by atoms with van der Waals surface area (Å²) in [6.07, 6.45) is 5.33. The van der Waals surface area contributed by atoms with Gasteiger partial charge in [-0.3, -0.25) is 4.79 Å². The number of anilines is 1. The second kappa shape index (κ2) is 5.57. The first-order valence-corrected chi connectivity index (χ1v) is 8.61. The van der Waals surface area contributed by atoms with Crippen molar-refractivity contribution in [2.24, 2.45) is 0 Å². The Labute approximate surface area is 148 Å². The molecule has 1 saturated heterocycles. The van der Waals surface area contributed by atoms with Gasteiger partial charge in [0, 0.05) is 13.0 Å². The van der Waals surface area contributed by atoms with Crippen LogP contribution in [0.3, 0.4) is 0 Å². The summed E-state index contributed by atoms with van der Waals surface area (Å²) in [4.78, 5) is 16.6. The van der Waals surface area contributed by atoms with Crippen molar-refractivity contribution >= 4 is 23.0 Å². The highest BCUT2D eigenvalue weighted by Crippen LogP contribution is 2.48. The number of oxazole rings is 1. The molecule has 2 bridgehead atoms. The molecule has 3 heterocycles. The van der Waals surface area contributed by atoms with Gasteiger partial charge >= 0.3 is 0 Å². The zero-order valence-corrected chi connectivity index (χ0v) is 14.0. The molecule has 2 atom stereocenters. The Morgan fingerprint density at radius 3 is 2.96 bits per heavy atom. The number of amides is 1. The minimum Gasteiger partial charge on any atom is -0.424 e. The topological polar surface area (TPSA) is 102 Å². The van der Waals surface area contributed by atoms with Crippen molar-refractivity contribution in [2.75, 3.05) is 18.5 Å². The third kappa shape index (κ3) is 2.53. The van der Waals surface area contributed by atoms with Crippen molar-refractivity contribution in [3.05, 3.63) is 42.3 Å². The van der Waals surface area contributed by atoms with Crippen molar-refractivity contribution < 1.29 is 18.5 Å². The van der Waals surface area contributed by atoms with Crippen molar-refractivity contribution in [1.29, 1.82) is 0 Å². The van der Waals surface area contributed by atoms with Crippen LogP contribution in [0.1, 0.15) is 29.6 Å². The number of ether oxygens (including phenoxy) is 1. The van der Waals surface area contributed by atoms with Crippen LogP contribution in [0, 0.1) is 0 Å². The summed E-state index contributed by atoms with van der Waals surface area (Å²) in [5, 5.41) is 9.90. The van der Waals surface area contributed by atoms with Crippen LogP contribution in [0.4, 0.5) is 6.01 Å². The number of hydrogen-bond donors (Lipinski definition) is 2. The smallest absolute Gasteiger partial charge is 0.296 e. The largest absolute Gasteiger partial charge is 0.424 e. The summed E-state index contributed by atoms with van der Waals surface area (Å²) in [6.45, 7) is 1.02. The second-order valence-corrected chi connectivity index (χ2v) is 7.14. The standard InChI is InChI=1S/C18H18N4O4/c23-15(12-7-20-25-8-12)19-10-18-6-5-17(9-18,11-24-18)22-16-21-13-3-1-2-4-14(13)26-16/h1-4,7-8H,5-6,9-11H2,(H,19,23)(H,21,22). The molecule has 1 saturated carbocycles. The molecule has 1 amide bonds. The van der Waals surface area contributed by atoms with Crippen molar-refractivity contribution in [3.63, 3.8) is 0 Å². The van der Waals surface area contributed by atoms with E-state index in [1.54, 1.807) is 0 Å². The van der Waals surface area contributed by atoms with Gasteiger partial charge in [-0.05, 0) is 25.0 Å². The van der Waals surface area contributed by atoms with Gasteiger partial charge in [0.05, 0.1) is 29.5 Å². The average molecular weight is 354 g/mol. The minimum absolute atomic E-state index is 0.206. The fourth-order valence-corrected chi connectivity index (χ4v) is 3.96. The third-order valence-electron chi connectivity index (χ3n) is 5.31. The van der Waals surface area contributed by atoms with E-state index in [0.717, 1.165) is 30.4 Å². The molecule has 2 aromatic heterocycles. The summed E-state index contributed by atoms with van der Waals surface area (Å²) in [6, 6.07) is 8.19. The molecule has 5 rings (SSSR count). The van der Waals surface area contributed by atoms with E-state index >= 15 is 0 Å². The van der Waals surface area contributed by atoms with Crippen molar-refractivity contribution in [1.82, 2.24) is 15.5 Å². The molecule has 2 fully saturated rings. The van der Waals surface area contributed by atoms with E-state index in [9.17, 15) is 4.79 Å². The first kappa shape index (κ1) is 15.4. The van der Waals surface area contributed by atoms with E-state index in [0.29, 0.717) is 24.7 Å². The first-order chi connectivity index (χ1) is 12.7. The molecule has 8 heteroatoms. The Hall–Kier alpha value is -2.87. The predicted molar refractivity (Wildman–Crippen MR) is 91.7 cm³/mol. The number of rotatable bonds is 5. The Morgan fingerprint density at radius 2 is 2.19 bits per heavy atom. The van der Waals surface area contributed by atoms with Crippen LogP contribution in [0.5, 0.6) is 0 Å². The maximum Gasteiger partial charge on any atom is 0.296 e. The number of para-hydroxylation sites is 2. The molecule has 0 spiro atoms. The number of aromatic nitrogens is 2. The van der Waals surface area contributed by atoms with Gasteiger partial charge in [-0.2, -0.15) is 4.98 Å². The number of nitrogens with zero attached hydrogens (tertiary/aromatic N) is 2. The lowest BCUT2D eigenvalue weighted by Crippen LogP contribution is -2.41. The van der Waals surface area contributed by atoms with E-state index in [4.69, 9.17) is 13.7 Å². The lowest BCUT2D eigenvalue weighted by atomic mass is 9.98. The Bertz CT molecular complexity index is 908. The Balaban J connectivity index is 1.27. The maximum absolute atomic E-state index is 12.1. The molecule has 2 unspecified atom stereocenters. The van der Waals surface area contributed by atoms with E-state index in [2.05, 4.69) is 20.8 Å². The molecule has 0 radical (unpaired) electrons. The van der Waals surface area contributed by atoms with Gasteiger partial charge in [0.2, 0.25) is 0 Å². The Kier molecular flexibility index (Phi) is 3.30. The molecule has 1 aromatic carbocycles. The Morgan fingerprint density at radius 1 is 1.27 bits per heavy atom. The molecule has 2 N–H and O–H groups in total. The summed E-state index contributed by atoms with van der Waals surface area (Å²) in [7, 11) is 0. The van der Waals surface area contributed by atoms with Crippen LogP contribution in [0.25, 0.3) is 11.1 Å². The lowest BCUT2D eigenvalue weighted by Gasteiger charge is -2.28. The third-order valence-corrected chi connectivity index (χ3v) is 5.31. The zero-order valence-electron chi connectivity index (χ0n) is 14.0. The van der Waals surface area contributed by atoms with Gasteiger partial charge in [-0.25, -0.2) is 0 Å². The monoisotopic (exact) mass is 354 g/mol. The van der Waals surface area contributed by atoms with E-state index in [-0.39, 0.29) is 17.0 Å². The van der Waals surface area contributed by atoms with Crippen LogP contribution in [0.15, 0.2) is 45.7 Å². The fraction of sp³-hybridized carbons (Fsp3) is 0.389. The highest BCUT2D eigenvalue weighted by Gasteiger charge is 2.56. The minimum atomic E-state index is -0.355. The van der Waals surface area contributed by atoms with Crippen LogP contribution < -0.4 is 10.6 Å². The van der Waals surface area contributed by atoms with Gasteiger partial charge < -0.3 is 24.3 Å². The second-order valence-electron chi connectivity index (χ2n) is 7.14. The van der Waals surface area contributed by atoms with Crippen LogP contribution in [-0.2, 0) is 4.74 Å². The van der Waals surface area contributed by atoms with Gasteiger partial charge in [-0.15, -0.1) is 0 Å². The highest BCUT2D eigenvalue weighted by molar-refractivity contribution is 5.93. The van der Waals surface area contributed by atoms with Gasteiger partial charge in [0.1, 0.15) is 11.8 Å². The summed E-state index contributed by atoms with van der Waals surface area (Å²) in [5.41, 5.74) is 1.44. The van der Waals surface area contributed by atoms with E-state index in [1.807, 2.05) is 24.3 Å². The molecule has 8 nitrogen and oxygen atoms in total. The van der Waals surface area contributed by atoms with Gasteiger partial charge in [0.15, 0.2) is 5.58 Å². The van der Waals surface area contributed by atoms with E-state index < -0.39 is 0 Å². The normalized spacial score (nSPS) is 27.1. The number of carbonyl (C=O) groups is 1. The molecule has 1 aliphatic carbocycles. The number of hydrogen-bond acceptors (Lipinski definition) is 7. The van der Waals surface area contributed by atoms with Crippen LogP contribution >= 0.6 is 0 Å². The molecule has 2 aliphatic rings. The van der Waals surface area contributed by atoms with Gasteiger partial charge in [0.25, 0.3) is 11.9 Å². The SMILES string of the molecule is O=C(NCC12CCC(Nc3nc4ccccc4o3)(CO1)C2)c1cnoc1. The average Bonchev–Trinajstić information content (AvgIpc) is 3.42. The summed E-state index contributed by atoms with van der Waals surface area (Å²) in [5.74, 6) is -0.208. The van der Waals surface area contributed by atoms with Crippen molar-refractivity contribution in [2.45, 2.75) is 30.4 Å². The number of benzene rings is 1. The molecule has 1 aliphatic heterocycles. The van der Waals surface area contributed by atoms with E-state index in [1.165, 1.54) is 12.5 Å². The summed E-state index contributed by atoms with van der Waals surface area (Å²) >= 11 is 0. The first-order valence-electron chi connectivity index (χ1n) is 8.61. The molecule has 26 heavy (non-hydrogen) atoms. The lowest BCUT2D eigenvalue weighted by molar-refractivity contribution is -0.0160. The highest BCUT2D eigenvalue weighted by atomic mass is 16.5. The fourth-order valence-electron chi connectivity index (χ4n) is 3.96. The zero-order chi connectivity index (χ0) is 17.6. The summed E-state index contributed by atoms with van der Waals surface area (Å²) < 4.78 is 16.6. The number of fused-ring (bicyclic) bond motifs is 3. The van der Waals surface area contributed by atoms with Crippen LogP contribution in [0.2, 0.25) is 0 Å². The van der Waals surface area contributed by atoms with Crippen molar-refractivity contribution in [3.8, 4) is 0 Å². The quantitative estimate of drug-likeness (QED) is 0.725. The number of nitrogens with one attached hydrogen (secondary N) is 2. The molecular weight excluding hydrogens is 336 g/mol. The molecule has 3 aromatic rings. The molecule has 134 valence electrons. The van der Waals surface area contributed by atoms with Crippen LogP contribution in [-0.4, -0.2) is 40.3 Å². The molecular formula is C18H18N4O4. The number of carbonyl (C=O) groups excluding carboxylic acids is 1. The maximum atomic E-state index is 12.1. The van der Waals surface area contributed by atoms with Gasteiger partial charge in [-0.1, -0.05) is 17.3 Å². The predicted octanol–water partition coefficient (Wildman–Crippen LogP) is 2.35.